The van der Waals surface area contributed by atoms with Gasteiger partial charge in [0.05, 0.1) is 11.2 Å². The average molecular weight is 346 g/mol. The Morgan fingerprint density at radius 1 is 0.692 bits per heavy atom. The Morgan fingerprint density at radius 3 is 1.96 bits per heavy atom. The van der Waals surface area contributed by atoms with Crippen molar-refractivity contribution in [1.29, 1.82) is 0 Å². The third kappa shape index (κ3) is 4.51. The van der Waals surface area contributed by atoms with Crippen LogP contribution in [0, 0.1) is 0 Å². The minimum atomic E-state index is 0.793. The van der Waals surface area contributed by atoms with Gasteiger partial charge in [0.1, 0.15) is 11.5 Å². The molecule has 0 unspecified atom stereocenters. The van der Waals surface area contributed by atoms with Gasteiger partial charge in [-0.15, -0.1) is 0 Å². The summed E-state index contributed by atoms with van der Waals surface area (Å²) in [4.78, 5) is 0. The van der Waals surface area contributed by atoms with E-state index in [-0.39, 0.29) is 0 Å². The van der Waals surface area contributed by atoms with E-state index in [4.69, 9.17) is 4.74 Å². The van der Waals surface area contributed by atoms with E-state index >= 15 is 0 Å². The number of nitrogens with one attached hydrogen (secondary N) is 1. The molecule has 4 aromatic rings. The first-order valence-electron chi connectivity index (χ1n) is 9.16. The largest absolute Gasteiger partial charge is 0.457 e. The van der Waals surface area contributed by atoms with Crippen LogP contribution in [-0.4, -0.2) is 10.2 Å². The smallest absolute Gasteiger partial charge is 0.129 e. The van der Waals surface area contributed by atoms with Crippen LogP contribution in [0.1, 0.15) is 27.7 Å². The Kier molecular flexibility index (Phi) is 7.44. The Hall–Kier alpha value is -3.07. The molecule has 0 amide bonds. The quantitative estimate of drug-likeness (QED) is 0.430. The van der Waals surface area contributed by atoms with Gasteiger partial charge in [-0.2, -0.15) is 5.10 Å². The Labute approximate surface area is 155 Å². The molecule has 134 valence electrons. The molecular weight excluding hydrogens is 320 g/mol. The number of hydrogen-bond donors (Lipinski definition) is 1. The fraction of sp³-hybridized carbons (Fsp3) is 0.174. The van der Waals surface area contributed by atoms with Gasteiger partial charge in [0.25, 0.3) is 0 Å². The maximum absolute atomic E-state index is 5.85. The van der Waals surface area contributed by atoms with Crippen molar-refractivity contribution in [3.63, 3.8) is 0 Å². The standard InChI is InChI=1S/C19H14N2O.2C2H6/c1-3-7-14(8-4-1)19-17-12-11-16(13-18(17)20-21-19)22-15-9-5-2-6-10-15;2*1-2/h1-13H,(H,20,21);2*1-2H3. The number of H-pyrrole nitrogens is 1. The fourth-order valence-electron chi connectivity index (χ4n) is 2.50. The highest BCUT2D eigenvalue weighted by Crippen LogP contribution is 2.30. The monoisotopic (exact) mass is 346 g/mol. The van der Waals surface area contributed by atoms with Crippen molar-refractivity contribution in [3.8, 4) is 22.8 Å². The lowest BCUT2D eigenvalue weighted by atomic mass is 10.1. The Bertz CT molecular complexity index is 899. The van der Waals surface area contributed by atoms with Crippen molar-refractivity contribution in [2.45, 2.75) is 27.7 Å². The van der Waals surface area contributed by atoms with Crippen LogP contribution in [0.3, 0.4) is 0 Å². The SMILES string of the molecule is CC.CC.c1ccc(Oc2ccc3c(-c4ccccc4)n[nH]c3c2)cc1. The van der Waals surface area contributed by atoms with Gasteiger partial charge in [-0.25, -0.2) is 0 Å². The van der Waals surface area contributed by atoms with Gasteiger partial charge in [-0.05, 0) is 24.3 Å². The van der Waals surface area contributed by atoms with Gasteiger partial charge in [-0.3, -0.25) is 5.10 Å². The van der Waals surface area contributed by atoms with Gasteiger partial charge in [0, 0.05) is 17.0 Å². The summed E-state index contributed by atoms with van der Waals surface area (Å²) in [6, 6.07) is 25.9. The number of aromatic nitrogens is 2. The minimum absolute atomic E-state index is 0.793. The molecule has 3 nitrogen and oxygen atoms in total. The molecule has 26 heavy (non-hydrogen) atoms. The predicted octanol–water partition coefficient (Wildman–Crippen LogP) is 7.07. The van der Waals surface area contributed by atoms with Crippen LogP contribution in [0.5, 0.6) is 11.5 Å². The molecule has 0 atom stereocenters. The molecule has 0 aliphatic heterocycles. The normalized spacial score (nSPS) is 9.54. The van der Waals surface area contributed by atoms with Gasteiger partial charge in [0.2, 0.25) is 0 Å². The maximum Gasteiger partial charge on any atom is 0.129 e. The molecule has 0 saturated carbocycles. The number of benzene rings is 3. The Balaban J connectivity index is 0.000000570. The van der Waals surface area contributed by atoms with Gasteiger partial charge < -0.3 is 4.74 Å². The van der Waals surface area contributed by atoms with E-state index in [1.807, 2.05) is 94.4 Å². The van der Waals surface area contributed by atoms with Gasteiger partial charge >= 0.3 is 0 Å². The van der Waals surface area contributed by atoms with Gasteiger partial charge in [-0.1, -0.05) is 76.2 Å². The molecule has 0 aliphatic rings. The van der Waals surface area contributed by atoms with E-state index in [9.17, 15) is 0 Å². The summed E-state index contributed by atoms with van der Waals surface area (Å²) in [5, 5.41) is 8.61. The predicted molar refractivity (Wildman–Crippen MR) is 111 cm³/mol. The highest BCUT2D eigenvalue weighted by molar-refractivity contribution is 5.93. The molecule has 0 saturated heterocycles. The Morgan fingerprint density at radius 2 is 1.31 bits per heavy atom. The molecule has 1 N–H and O–H groups in total. The second kappa shape index (κ2) is 10.0. The lowest BCUT2D eigenvalue weighted by molar-refractivity contribution is 0.483. The molecule has 3 heteroatoms. The van der Waals surface area contributed by atoms with Crippen LogP contribution >= 0.6 is 0 Å². The maximum atomic E-state index is 5.85. The number of aromatic amines is 1. The van der Waals surface area contributed by atoms with E-state index in [1.165, 1.54) is 0 Å². The number of rotatable bonds is 3. The van der Waals surface area contributed by atoms with E-state index in [1.54, 1.807) is 0 Å². The number of fused-ring (bicyclic) bond motifs is 1. The highest BCUT2D eigenvalue weighted by Gasteiger charge is 2.08. The third-order valence-electron chi connectivity index (χ3n) is 3.56. The zero-order chi connectivity index (χ0) is 18.8. The lowest BCUT2D eigenvalue weighted by Crippen LogP contribution is -1.83. The van der Waals surface area contributed by atoms with Crippen molar-refractivity contribution < 1.29 is 4.74 Å². The topological polar surface area (TPSA) is 37.9 Å². The first-order chi connectivity index (χ1) is 12.9. The zero-order valence-electron chi connectivity index (χ0n) is 15.9. The number of hydrogen-bond acceptors (Lipinski definition) is 2. The molecule has 0 aliphatic carbocycles. The second-order valence-corrected chi connectivity index (χ2v) is 5.06. The third-order valence-corrected chi connectivity index (χ3v) is 3.56. The number of para-hydroxylation sites is 1. The van der Waals surface area contributed by atoms with Crippen LogP contribution in [0.2, 0.25) is 0 Å². The van der Waals surface area contributed by atoms with E-state index in [0.717, 1.165) is 33.7 Å². The minimum Gasteiger partial charge on any atom is -0.457 e. The molecule has 0 spiro atoms. The van der Waals surface area contributed by atoms with Crippen LogP contribution in [0.4, 0.5) is 0 Å². The fourth-order valence-corrected chi connectivity index (χ4v) is 2.50. The molecule has 1 heterocycles. The summed E-state index contributed by atoms with van der Waals surface area (Å²) in [5.41, 5.74) is 3.03. The first-order valence-corrected chi connectivity index (χ1v) is 9.16. The van der Waals surface area contributed by atoms with E-state index in [2.05, 4.69) is 22.3 Å². The van der Waals surface area contributed by atoms with Gasteiger partial charge in [0.15, 0.2) is 0 Å². The van der Waals surface area contributed by atoms with Crippen LogP contribution in [0.25, 0.3) is 22.2 Å². The molecule has 3 aromatic carbocycles. The average Bonchev–Trinajstić information content (AvgIpc) is 3.16. The van der Waals surface area contributed by atoms with Crippen molar-refractivity contribution in [2.24, 2.45) is 0 Å². The van der Waals surface area contributed by atoms with Crippen molar-refractivity contribution in [3.05, 3.63) is 78.9 Å². The summed E-state index contributed by atoms with van der Waals surface area (Å²) in [5.74, 6) is 1.62. The van der Waals surface area contributed by atoms with E-state index < -0.39 is 0 Å². The second-order valence-electron chi connectivity index (χ2n) is 5.06. The van der Waals surface area contributed by atoms with Crippen molar-refractivity contribution in [1.82, 2.24) is 10.2 Å². The summed E-state index contributed by atoms with van der Waals surface area (Å²) < 4.78 is 5.85. The van der Waals surface area contributed by atoms with E-state index in [0.29, 0.717) is 0 Å². The molecule has 1 aromatic heterocycles. The van der Waals surface area contributed by atoms with Crippen molar-refractivity contribution >= 4 is 10.9 Å². The van der Waals surface area contributed by atoms with Crippen LogP contribution in [-0.2, 0) is 0 Å². The number of ether oxygens (including phenoxy) is 1. The summed E-state index contributed by atoms with van der Waals surface area (Å²) >= 11 is 0. The van der Waals surface area contributed by atoms with Crippen LogP contribution in [0.15, 0.2) is 78.9 Å². The molecule has 0 radical (unpaired) electrons. The summed E-state index contributed by atoms with van der Waals surface area (Å²) in [6.45, 7) is 8.00. The molecule has 4 rings (SSSR count). The molecule has 0 bridgehead atoms. The number of nitrogens with zero attached hydrogens (tertiary/aromatic N) is 1. The first kappa shape index (κ1) is 19.3. The van der Waals surface area contributed by atoms with Crippen molar-refractivity contribution in [2.75, 3.05) is 0 Å². The zero-order valence-corrected chi connectivity index (χ0v) is 15.9. The summed E-state index contributed by atoms with van der Waals surface area (Å²) in [6.07, 6.45) is 0. The molecular formula is C23H26N2O. The highest BCUT2D eigenvalue weighted by atomic mass is 16.5. The summed E-state index contributed by atoms with van der Waals surface area (Å²) in [7, 11) is 0. The lowest BCUT2D eigenvalue weighted by Gasteiger charge is -2.05. The van der Waals surface area contributed by atoms with Crippen LogP contribution < -0.4 is 4.74 Å². The molecule has 0 fully saturated rings.